The molecule has 2 rings (SSSR count). The average molecular weight is 376 g/mol. The minimum atomic E-state index is -1.98. The Morgan fingerprint density at radius 1 is 1.11 bits per heavy atom. The Kier molecular flexibility index (Phi) is 6.44. The third-order valence-corrected chi connectivity index (χ3v) is 4.07. The normalized spacial score (nSPS) is 11.1. The third kappa shape index (κ3) is 4.21. The van der Waals surface area contributed by atoms with Crippen molar-refractivity contribution in [3.63, 3.8) is 0 Å². The van der Waals surface area contributed by atoms with E-state index >= 15 is 0 Å². The predicted octanol–water partition coefficient (Wildman–Crippen LogP) is 1.72. The largest absolute Gasteiger partial charge is 0.497 e. The Labute approximate surface area is 157 Å². The minimum absolute atomic E-state index is 0.0568. The molecule has 146 valence electrons. The molecule has 0 aliphatic heterocycles. The van der Waals surface area contributed by atoms with Crippen LogP contribution in [0.25, 0.3) is 10.9 Å². The van der Waals surface area contributed by atoms with Crippen molar-refractivity contribution in [3.8, 4) is 5.75 Å². The monoisotopic (exact) mass is 376 g/mol. The first kappa shape index (κ1) is 20.3. The number of carbonyl (C=O) groups is 3. The number of H-pyrrole nitrogens is 1. The van der Waals surface area contributed by atoms with Crippen molar-refractivity contribution in [2.45, 2.75) is 32.7 Å². The molecule has 0 saturated heterocycles. The smallest absolute Gasteiger partial charge is 0.344 e. The maximum absolute atomic E-state index is 12.7. The van der Waals surface area contributed by atoms with Crippen LogP contribution in [0.15, 0.2) is 24.4 Å². The molecule has 1 amide bonds. The molecule has 8 nitrogen and oxygen atoms in total. The molecule has 0 aliphatic carbocycles. The van der Waals surface area contributed by atoms with Gasteiger partial charge in [-0.3, -0.25) is 4.79 Å². The quantitative estimate of drug-likeness (QED) is 0.537. The lowest BCUT2D eigenvalue weighted by Crippen LogP contribution is -2.62. The molecule has 0 atom stereocenters. The van der Waals surface area contributed by atoms with E-state index in [1.165, 1.54) is 6.92 Å². The van der Waals surface area contributed by atoms with Gasteiger partial charge in [-0.15, -0.1) is 0 Å². The fraction of sp³-hybridized carbons (Fsp3) is 0.421. The Bertz CT molecular complexity index is 824. The summed E-state index contributed by atoms with van der Waals surface area (Å²) >= 11 is 0. The first-order valence-electron chi connectivity index (χ1n) is 8.65. The number of amides is 1. The third-order valence-electron chi connectivity index (χ3n) is 4.07. The van der Waals surface area contributed by atoms with Crippen molar-refractivity contribution < 1.29 is 28.6 Å². The van der Waals surface area contributed by atoms with E-state index in [0.29, 0.717) is 11.3 Å². The van der Waals surface area contributed by atoms with Gasteiger partial charge in [0.05, 0.1) is 20.3 Å². The number of methoxy groups -OCH3 is 1. The van der Waals surface area contributed by atoms with E-state index in [0.717, 1.165) is 10.9 Å². The van der Waals surface area contributed by atoms with E-state index in [1.807, 2.05) is 6.07 Å². The SMILES string of the molecule is CCOC(=O)C(Cc1c[nH]c2ccc(OC)cc12)(NC(C)=O)C(=O)OCC. The van der Waals surface area contributed by atoms with Crippen LogP contribution in [-0.2, 0) is 30.3 Å². The van der Waals surface area contributed by atoms with Gasteiger partial charge < -0.3 is 24.5 Å². The number of nitrogens with one attached hydrogen (secondary N) is 2. The fourth-order valence-electron chi connectivity index (χ4n) is 2.90. The first-order chi connectivity index (χ1) is 12.9. The molecule has 0 saturated carbocycles. The first-order valence-corrected chi connectivity index (χ1v) is 8.65. The molecule has 0 aliphatic rings. The number of ether oxygens (including phenoxy) is 3. The number of aromatic nitrogens is 1. The predicted molar refractivity (Wildman–Crippen MR) is 98.4 cm³/mol. The summed E-state index contributed by atoms with van der Waals surface area (Å²) in [6, 6.07) is 5.41. The topological polar surface area (TPSA) is 107 Å². The second-order valence-corrected chi connectivity index (χ2v) is 5.93. The van der Waals surface area contributed by atoms with Crippen LogP contribution >= 0.6 is 0 Å². The van der Waals surface area contributed by atoms with Crippen molar-refractivity contribution in [1.29, 1.82) is 0 Å². The highest BCUT2D eigenvalue weighted by molar-refractivity contribution is 6.08. The Morgan fingerprint density at radius 2 is 1.74 bits per heavy atom. The Balaban J connectivity index is 2.57. The van der Waals surface area contributed by atoms with Gasteiger partial charge in [0, 0.05) is 30.4 Å². The van der Waals surface area contributed by atoms with E-state index in [1.54, 1.807) is 39.3 Å². The number of fused-ring (bicyclic) bond motifs is 1. The highest BCUT2D eigenvalue weighted by Gasteiger charge is 2.50. The lowest BCUT2D eigenvalue weighted by atomic mass is 9.90. The maximum Gasteiger partial charge on any atom is 0.344 e. The standard InChI is InChI=1S/C19H24N2O6/c1-5-26-17(23)19(21-12(3)22,18(24)27-6-2)10-13-11-20-16-8-7-14(25-4)9-15(13)16/h7-9,11,20H,5-6,10H2,1-4H3,(H,21,22). The lowest BCUT2D eigenvalue weighted by Gasteiger charge is -2.29. The maximum atomic E-state index is 12.7. The zero-order chi connectivity index (χ0) is 20.0. The van der Waals surface area contributed by atoms with E-state index in [9.17, 15) is 14.4 Å². The molecule has 1 aromatic carbocycles. The van der Waals surface area contributed by atoms with Crippen molar-refractivity contribution in [2.24, 2.45) is 0 Å². The molecular formula is C19H24N2O6. The summed E-state index contributed by atoms with van der Waals surface area (Å²) in [5.41, 5.74) is -0.537. The molecule has 27 heavy (non-hydrogen) atoms. The van der Waals surface area contributed by atoms with E-state index in [-0.39, 0.29) is 19.6 Å². The molecule has 2 aromatic rings. The van der Waals surface area contributed by atoms with Crippen LogP contribution in [0.5, 0.6) is 5.75 Å². The van der Waals surface area contributed by atoms with E-state index in [2.05, 4.69) is 10.3 Å². The Morgan fingerprint density at radius 3 is 2.26 bits per heavy atom. The highest BCUT2D eigenvalue weighted by atomic mass is 16.6. The molecule has 1 heterocycles. The summed E-state index contributed by atoms with van der Waals surface area (Å²) in [6.45, 7) is 4.59. The van der Waals surface area contributed by atoms with Crippen LogP contribution in [-0.4, -0.2) is 48.7 Å². The van der Waals surface area contributed by atoms with Gasteiger partial charge in [0.1, 0.15) is 5.75 Å². The highest BCUT2D eigenvalue weighted by Crippen LogP contribution is 2.28. The van der Waals surface area contributed by atoms with Gasteiger partial charge in [0.25, 0.3) is 0 Å². The summed E-state index contributed by atoms with van der Waals surface area (Å²) in [5.74, 6) is -1.65. The minimum Gasteiger partial charge on any atom is -0.497 e. The lowest BCUT2D eigenvalue weighted by molar-refractivity contribution is -0.167. The van der Waals surface area contributed by atoms with Crippen LogP contribution in [0.3, 0.4) is 0 Å². The van der Waals surface area contributed by atoms with Crippen molar-refractivity contribution in [1.82, 2.24) is 10.3 Å². The number of benzene rings is 1. The van der Waals surface area contributed by atoms with Gasteiger partial charge in [-0.2, -0.15) is 0 Å². The van der Waals surface area contributed by atoms with Crippen LogP contribution in [0.1, 0.15) is 26.3 Å². The van der Waals surface area contributed by atoms with Crippen molar-refractivity contribution in [2.75, 3.05) is 20.3 Å². The van der Waals surface area contributed by atoms with Gasteiger partial charge >= 0.3 is 11.9 Å². The fourth-order valence-corrected chi connectivity index (χ4v) is 2.90. The summed E-state index contributed by atoms with van der Waals surface area (Å²) in [7, 11) is 1.55. The van der Waals surface area contributed by atoms with Crippen molar-refractivity contribution in [3.05, 3.63) is 30.0 Å². The number of carbonyl (C=O) groups excluding carboxylic acids is 3. The van der Waals surface area contributed by atoms with Crippen LogP contribution in [0, 0.1) is 0 Å². The second-order valence-electron chi connectivity index (χ2n) is 5.93. The molecule has 0 spiro atoms. The van der Waals surface area contributed by atoms with Crippen molar-refractivity contribution >= 4 is 28.7 Å². The zero-order valence-electron chi connectivity index (χ0n) is 15.9. The summed E-state index contributed by atoms with van der Waals surface area (Å²) in [6.07, 6.45) is 1.55. The molecule has 2 N–H and O–H groups in total. The average Bonchev–Trinajstić information content (AvgIpc) is 3.02. The zero-order valence-corrected chi connectivity index (χ0v) is 15.9. The van der Waals surface area contributed by atoms with Gasteiger partial charge in [0.2, 0.25) is 11.4 Å². The van der Waals surface area contributed by atoms with Gasteiger partial charge in [-0.05, 0) is 37.6 Å². The number of rotatable bonds is 8. The Hall–Kier alpha value is -3.03. The summed E-state index contributed by atoms with van der Waals surface area (Å²) < 4.78 is 15.4. The van der Waals surface area contributed by atoms with Gasteiger partial charge in [0.15, 0.2) is 0 Å². The van der Waals surface area contributed by atoms with E-state index in [4.69, 9.17) is 14.2 Å². The molecule has 0 radical (unpaired) electrons. The van der Waals surface area contributed by atoms with Crippen LogP contribution < -0.4 is 10.1 Å². The summed E-state index contributed by atoms with van der Waals surface area (Å²) in [5, 5.41) is 3.22. The molecule has 0 bridgehead atoms. The molecular weight excluding hydrogens is 352 g/mol. The molecule has 8 heteroatoms. The number of hydrogen-bond donors (Lipinski definition) is 2. The van der Waals surface area contributed by atoms with Crippen LogP contribution in [0.4, 0.5) is 0 Å². The number of hydrogen-bond acceptors (Lipinski definition) is 6. The molecule has 1 aromatic heterocycles. The number of aromatic amines is 1. The van der Waals surface area contributed by atoms with Gasteiger partial charge in [-0.25, -0.2) is 9.59 Å². The van der Waals surface area contributed by atoms with Crippen LogP contribution in [0.2, 0.25) is 0 Å². The summed E-state index contributed by atoms with van der Waals surface area (Å²) in [4.78, 5) is 40.4. The molecule has 0 fully saturated rings. The molecule has 0 unspecified atom stereocenters. The van der Waals surface area contributed by atoms with Gasteiger partial charge in [-0.1, -0.05) is 0 Å². The second kappa shape index (κ2) is 8.57. The van der Waals surface area contributed by atoms with E-state index < -0.39 is 23.4 Å². The number of esters is 2.